The summed E-state index contributed by atoms with van der Waals surface area (Å²) >= 11 is 0. The van der Waals surface area contributed by atoms with Crippen LogP contribution in [0.25, 0.3) is 0 Å². The Balaban J connectivity index is 1.80. The fourth-order valence-corrected chi connectivity index (χ4v) is 3.53. The topological polar surface area (TPSA) is 26.3 Å². The maximum atomic E-state index is 12.1. The molecule has 3 rings (SSSR count). The van der Waals surface area contributed by atoms with Crippen LogP contribution in [0.2, 0.25) is 0 Å². The van der Waals surface area contributed by atoms with Crippen molar-refractivity contribution in [2.45, 2.75) is 38.0 Å². The molecular weight excluding hydrogens is 236 g/mol. The molecule has 1 aliphatic carbocycles. The summed E-state index contributed by atoms with van der Waals surface area (Å²) in [4.78, 5) is 12.1. The van der Waals surface area contributed by atoms with Crippen molar-refractivity contribution in [1.29, 1.82) is 0 Å². The molecule has 1 saturated heterocycles. The van der Waals surface area contributed by atoms with Crippen LogP contribution in [-0.4, -0.2) is 12.6 Å². The first-order valence-corrected chi connectivity index (χ1v) is 7.13. The van der Waals surface area contributed by atoms with Crippen molar-refractivity contribution >= 4 is 5.97 Å². The summed E-state index contributed by atoms with van der Waals surface area (Å²) in [5.41, 5.74) is 2.02. The molecule has 1 aromatic rings. The Kier molecular flexibility index (Phi) is 3.17. The molecule has 0 bridgehead atoms. The van der Waals surface area contributed by atoms with Crippen LogP contribution in [0.4, 0.5) is 0 Å². The minimum Gasteiger partial charge on any atom is -0.460 e. The third kappa shape index (κ3) is 2.09. The first-order valence-electron chi connectivity index (χ1n) is 7.13. The summed E-state index contributed by atoms with van der Waals surface area (Å²) in [6.07, 6.45) is 5.09. The number of carbonyl (C=O) groups excluding carboxylic acids is 1. The Labute approximate surface area is 114 Å². The molecule has 0 aromatic heterocycles. The Bertz CT molecular complexity index is 473. The van der Waals surface area contributed by atoms with E-state index in [9.17, 15) is 4.79 Å². The van der Waals surface area contributed by atoms with E-state index in [0.29, 0.717) is 12.5 Å². The average molecular weight is 256 g/mol. The number of hydrogen-bond donors (Lipinski definition) is 0. The largest absolute Gasteiger partial charge is 0.460 e. The zero-order valence-corrected chi connectivity index (χ0v) is 11.2. The smallest absolute Gasteiger partial charge is 0.316 e. The zero-order chi connectivity index (χ0) is 13.3. The normalized spacial score (nSPS) is 31.3. The van der Waals surface area contributed by atoms with E-state index in [2.05, 4.69) is 36.9 Å². The van der Waals surface area contributed by atoms with Gasteiger partial charge in [0.05, 0.1) is 5.41 Å². The second-order valence-electron chi connectivity index (χ2n) is 5.80. The van der Waals surface area contributed by atoms with Crippen LogP contribution >= 0.6 is 0 Å². The Morgan fingerprint density at radius 3 is 2.63 bits per heavy atom. The highest BCUT2D eigenvalue weighted by Gasteiger charge is 2.48. The van der Waals surface area contributed by atoms with E-state index in [-0.39, 0.29) is 11.4 Å². The SMILES string of the molecule is C=C1COC(=O)C12CCCC(c1ccccc1)CC2. The quantitative estimate of drug-likeness (QED) is 0.564. The van der Waals surface area contributed by atoms with Crippen LogP contribution in [0.1, 0.15) is 43.6 Å². The molecule has 2 unspecified atom stereocenters. The third-order valence-electron chi connectivity index (χ3n) is 4.79. The molecule has 0 amide bonds. The molecule has 1 spiro atoms. The van der Waals surface area contributed by atoms with E-state index in [1.807, 2.05) is 0 Å². The van der Waals surface area contributed by atoms with Crippen molar-refractivity contribution in [3.63, 3.8) is 0 Å². The van der Waals surface area contributed by atoms with Crippen LogP contribution in [0, 0.1) is 5.41 Å². The van der Waals surface area contributed by atoms with Gasteiger partial charge < -0.3 is 4.74 Å². The van der Waals surface area contributed by atoms with Gasteiger partial charge in [-0.05, 0) is 42.7 Å². The summed E-state index contributed by atoms with van der Waals surface area (Å²) in [5.74, 6) is 0.535. The number of hydrogen-bond acceptors (Lipinski definition) is 2. The van der Waals surface area contributed by atoms with Crippen LogP contribution in [-0.2, 0) is 9.53 Å². The summed E-state index contributed by atoms with van der Waals surface area (Å²) in [7, 11) is 0. The van der Waals surface area contributed by atoms with Crippen molar-refractivity contribution in [2.24, 2.45) is 5.41 Å². The van der Waals surface area contributed by atoms with E-state index < -0.39 is 0 Å². The fraction of sp³-hybridized carbons (Fsp3) is 0.471. The number of ether oxygens (including phenoxy) is 1. The highest BCUT2D eigenvalue weighted by atomic mass is 16.5. The lowest BCUT2D eigenvalue weighted by molar-refractivity contribution is -0.146. The highest BCUT2D eigenvalue weighted by Crippen LogP contribution is 2.48. The van der Waals surface area contributed by atoms with Crippen LogP contribution in [0.15, 0.2) is 42.5 Å². The molecule has 2 atom stereocenters. The predicted octanol–water partition coefficient (Wildman–Crippen LogP) is 3.83. The molecular formula is C17H20O2. The van der Waals surface area contributed by atoms with Gasteiger partial charge in [-0.15, -0.1) is 0 Å². The van der Waals surface area contributed by atoms with E-state index in [1.165, 1.54) is 5.56 Å². The highest BCUT2D eigenvalue weighted by molar-refractivity contribution is 5.83. The summed E-state index contributed by atoms with van der Waals surface area (Å²) in [6, 6.07) is 10.6. The van der Waals surface area contributed by atoms with E-state index in [4.69, 9.17) is 4.74 Å². The van der Waals surface area contributed by atoms with Gasteiger partial charge in [0.2, 0.25) is 0 Å². The zero-order valence-electron chi connectivity index (χ0n) is 11.2. The summed E-state index contributed by atoms with van der Waals surface area (Å²) in [6.45, 7) is 4.50. The first kappa shape index (κ1) is 12.5. The Morgan fingerprint density at radius 2 is 1.95 bits per heavy atom. The molecule has 2 heteroatoms. The Morgan fingerprint density at radius 1 is 1.16 bits per heavy atom. The molecule has 1 heterocycles. The summed E-state index contributed by atoms with van der Waals surface area (Å²) in [5, 5.41) is 0. The lowest BCUT2D eigenvalue weighted by atomic mass is 9.76. The first-order chi connectivity index (χ1) is 9.22. The van der Waals surface area contributed by atoms with E-state index in [1.54, 1.807) is 0 Å². The van der Waals surface area contributed by atoms with E-state index in [0.717, 1.165) is 37.7 Å². The minimum absolute atomic E-state index is 0.0359. The van der Waals surface area contributed by atoms with Crippen LogP contribution < -0.4 is 0 Å². The minimum atomic E-state index is -0.371. The van der Waals surface area contributed by atoms with Gasteiger partial charge in [-0.2, -0.15) is 0 Å². The van der Waals surface area contributed by atoms with Crippen molar-refractivity contribution in [3.05, 3.63) is 48.0 Å². The average Bonchev–Trinajstić information content (AvgIpc) is 2.65. The molecule has 0 N–H and O–H groups in total. The van der Waals surface area contributed by atoms with Gasteiger partial charge in [0.15, 0.2) is 0 Å². The van der Waals surface area contributed by atoms with Gasteiger partial charge in [0.25, 0.3) is 0 Å². The fourth-order valence-electron chi connectivity index (χ4n) is 3.53. The lowest BCUT2D eigenvalue weighted by Gasteiger charge is -2.23. The molecule has 1 aliphatic heterocycles. The number of esters is 1. The van der Waals surface area contributed by atoms with Gasteiger partial charge in [0.1, 0.15) is 6.61 Å². The number of benzene rings is 1. The monoisotopic (exact) mass is 256 g/mol. The third-order valence-corrected chi connectivity index (χ3v) is 4.79. The maximum Gasteiger partial charge on any atom is 0.316 e. The molecule has 0 radical (unpaired) electrons. The molecule has 19 heavy (non-hydrogen) atoms. The van der Waals surface area contributed by atoms with Crippen LogP contribution in [0.3, 0.4) is 0 Å². The Hall–Kier alpha value is -1.57. The van der Waals surface area contributed by atoms with Gasteiger partial charge in [0, 0.05) is 0 Å². The van der Waals surface area contributed by atoms with Gasteiger partial charge in [-0.3, -0.25) is 4.79 Å². The van der Waals surface area contributed by atoms with E-state index >= 15 is 0 Å². The van der Waals surface area contributed by atoms with Gasteiger partial charge in [-0.1, -0.05) is 43.3 Å². The van der Waals surface area contributed by atoms with Gasteiger partial charge >= 0.3 is 5.97 Å². The molecule has 2 nitrogen and oxygen atoms in total. The lowest BCUT2D eigenvalue weighted by Crippen LogP contribution is -2.27. The standard InChI is InChI=1S/C17H20O2/c1-13-12-19-16(18)17(13)10-5-8-15(9-11-17)14-6-3-2-4-7-14/h2-4,6-7,15H,1,5,8-12H2. The second-order valence-corrected chi connectivity index (χ2v) is 5.80. The second kappa shape index (κ2) is 4.84. The molecule has 1 aromatic carbocycles. The predicted molar refractivity (Wildman–Crippen MR) is 74.8 cm³/mol. The van der Waals surface area contributed by atoms with Crippen molar-refractivity contribution < 1.29 is 9.53 Å². The van der Waals surface area contributed by atoms with Crippen molar-refractivity contribution in [1.82, 2.24) is 0 Å². The molecule has 1 saturated carbocycles. The molecule has 100 valence electrons. The molecule has 2 fully saturated rings. The van der Waals surface area contributed by atoms with Crippen LogP contribution in [0.5, 0.6) is 0 Å². The summed E-state index contributed by atoms with van der Waals surface area (Å²) < 4.78 is 5.22. The van der Waals surface area contributed by atoms with Gasteiger partial charge in [-0.25, -0.2) is 0 Å². The maximum absolute atomic E-state index is 12.1. The number of cyclic esters (lactones) is 1. The number of carbonyl (C=O) groups is 1. The number of rotatable bonds is 1. The molecule has 2 aliphatic rings. The van der Waals surface area contributed by atoms with Crippen molar-refractivity contribution in [2.75, 3.05) is 6.61 Å². The van der Waals surface area contributed by atoms with Crippen molar-refractivity contribution in [3.8, 4) is 0 Å².